The molecule has 1 aromatic carbocycles. The number of nitrogens with one attached hydrogen (secondary N) is 2. The van der Waals surface area contributed by atoms with Crippen molar-refractivity contribution >= 4 is 11.6 Å². The molecule has 0 bridgehead atoms. The van der Waals surface area contributed by atoms with Crippen LogP contribution < -0.4 is 15.5 Å². The van der Waals surface area contributed by atoms with E-state index in [2.05, 4.69) is 15.5 Å². The number of hydrogen-bond acceptors (Lipinski definition) is 4. The summed E-state index contributed by atoms with van der Waals surface area (Å²) < 4.78 is 45.2. The van der Waals surface area contributed by atoms with E-state index in [0.717, 1.165) is 5.69 Å². The maximum atomic E-state index is 13.6. The van der Waals surface area contributed by atoms with Crippen molar-refractivity contribution < 1.29 is 22.7 Å². The van der Waals surface area contributed by atoms with E-state index in [9.17, 15) is 18.0 Å². The number of amides is 1. The third-order valence-corrected chi connectivity index (χ3v) is 4.27. The number of alkyl halides is 2. The highest BCUT2D eigenvalue weighted by Crippen LogP contribution is 2.26. The summed E-state index contributed by atoms with van der Waals surface area (Å²) in [6.45, 7) is 2.14. The summed E-state index contributed by atoms with van der Waals surface area (Å²) in [5.74, 6) is -3.76. The monoisotopic (exact) mass is 343 g/mol. The van der Waals surface area contributed by atoms with Crippen LogP contribution in [0.3, 0.4) is 0 Å². The minimum Gasteiger partial charge on any atom is -0.378 e. The third kappa shape index (κ3) is 3.99. The number of nitrogens with zero attached hydrogens (tertiary/aromatic N) is 1. The molecule has 24 heavy (non-hydrogen) atoms. The summed E-state index contributed by atoms with van der Waals surface area (Å²) in [6, 6.07) is 3.49. The predicted molar refractivity (Wildman–Crippen MR) is 82.6 cm³/mol. The van der Waals surface area contributed by atoms with Crippen LogP contribution in [-0.4, -0.2) is 50.7 Å². The lowest BCUT2D eigenvalue weighted by Gasteiger charge is -2.30. The molecular formula is C16H20F3N3O2. The van der Waals surface area contributed by atoms with E-state index in [-0.39, 0.29) is 6.54 Å². The maximum Gasteiger partial charge on any atom is 0.262 e. The van der Waals surface area contributed by atoms with Crippen LogP contribution in [0.4, 0.5) is 18.9 Å². The van der Waals surface area contributed by atoms with E-state index in [0.29, 0.717) is 31.9 Å². The van der Waals surface area contributed by atoms with Crippen LogP contribution in [-0.2, 0) is 16.1 Å². The second-order valence-electron chi connectivity index (χ2n) is 6.08. The van der Waals surface area contributed by atoms with Gasteiger partial charge in [0.2, 0.25) is 5.91 Å². The van der Waals surface area contributed by atoms with Gasteiger partial charge in [0.05, 0.1) is 25.8 Å². The number of ether oxygens (including phenoxy) is 1. The van der Waals surface area contributed by atoms with Gasteiger partial charge in [-0.2, -0.15) is 0 Å². The van der Waals surface area contributed by atoms with Crippen molar-refractivity contribution in [1.82, 2.24) is 10.6 Å². The van der Waals surface area contributed by atoms with Gasteiger partial charge >= 0.3 is 0 Å². The molecule has 1 aromatic rings. The molecule has 2 saturated heterocycles. The van der Waals surface area contributed by atoms with Crippen LogP contribution in [0.25, 0.3) is 0 Å². The quantitative estimate of drug-likeness (QED) is 0.865. The molecule has 0 saturated carbocycles. The molecule has 5 nitrogen and oxygen atoms in total. The molecule has 1 unspecified atom stereocenters. The molecule has 0 aliphatic carbocycles. The lowest BCUT2D eigenvalue weighted by molar-refractivity contribution is -0.123. The third-order valence-electron chi connectivity index (χ3n) is 4.27. The van der Waals surface area contributed by atoms with Gasteiger partial charge in [0.25, 0.3) is 5.92 Å². The minimum absolute atomic E-state index is 0.0903. The highest BCUT2D eigenvalue weighted by atomic mass is 19.3. The van der Waals surface area contributed by atoms with Crippen molar-refractivity contribution in [3.63, 3.8) is 0 Å². The fraction of sp³-hybridized carbons (Fsp3) is 0.562. The van der Waals surface area contributed by atoms with E-state index < -0.39 is 36.7 Å². The van der Waals surface area contributed by atoms with Crippen LogP contribution >= 0.6 is 0 Å². The SMILES string of the molecule is O=C(NCc1cc(F)ccc1N1CCOCC1)C1CC(F)(F)CN1. The Morgan fingerprint density at radius 2 is 2.12 bits per heavy atom. The summed E-state index contributed by atoms with van der Waals surface area (Å²) >= 11 is 0. The molecule has 132 valence electrons. The van der Waals surface area contributed by atoms with Crippen molar-refractivity contribution in [3.05, 3.63) is 29.6 Å². The average Bonchev–Trinajstić information content (AvgIpc) is 2.93. The molecule has 3 rings (SSSR count). The Kier molecular flexibility index (Phi) is 4.96. The first kappa shape index (κ1) is 17.0. The molecule has 1 amide bonds. The van der Waals surface area contributed by atoms with Crippen LogP contribution in [0.2, 0.25) is 0 Å². The summed E-state index contributed by atoms with van der Waals surface area (Å²) in [5.41, 5.74) is 1.44. The van der Waals surface area contributed by atoms with Gasteiger partial charge < -0.3 is 15.0 Å². The predicted octanol–water partition coefficient (Wildman–Crippen LogP) is 1.28. The number of morpholine rings is 1. The van der Waals surface area contributed by atoms with Gasteiger partial charge in [0.1, 0.15) is 5.82 Å². The van der Waals surface area contributed by atoms with Crippen molar-refractivity contribution in [2.75, 3.05) is 37.7 Å². The summed E-state index contributed by atoms with van der Waals surface area (Å²) in [4.78, 5) is 14.1. The molecule has 2 aliphatic rings. The van der Waals surface area contributed by atoms with Crippen molar-refractivity contribution in [2.24, 2.45) is 0 Å². The smallest absolute Gasteiger partial charge is 0.262 e. The Balaban J connectivity index is 1.66. The molecule has 1 atom stereocenters. The van der Waals surface area contributed by atoms with E-state index in [1.54, 1.807) is 6.07 Å². The number of halogens is 3. The normalized spacial score (nSPS) is 23.3. The van der Waals surface area contributed by atoms with Crippen LogP contribution in [0.1, 0.15) is 12.0 Å². The molecule has 0 aromatic heterocycles. The molecule has 2 aliphatic heterocycles. The second-order valence-corrected chi connectivity index (χ2v) is 6.08. The molecule has 0 radical (unpaired) electrons. The Morgan fingerprint density at radius 1 is 1.38 bits per heavy atom. The number of anilines is 1. The first-order valence-corrected chi connectivity index (χ1v) is 7.95. The number of hydrogen-bond donors (Lipinski definition) is 2. The topological polar surface area (TPSA) is 53.6 Å². The van der Waals surface area contributed by atoms with Crippen molar-refractivity contribution in [2.45, 2.75) is 24.9 Å². The Labute approximate surface area is 138 Å². The van der Waals surface area contributed by atoms with Gasteiger partial charge in [0, 0.05) is 31.7 Å². The average molecular weight is 343 g/mol. The molecule has 8 heteroatoms. The van der Waals surface area contributed by atoms with Crippen LogP contribution in [0, 0.1) is 5.82 Å². The highest BCUT2D eigenvalue weighted by Gasteiger charge is 2.42. The zero-order chi connectivity index (χ0) is 17.2. The fourth-order valence-corrected chi connectivity index (χ4v) is 3.01. The van der Waals surface area contributed by atoms with Gasteiger partial charge in [-0.15, -0.1) is 0 Å². The minimum atomic E-state index is -2.86. The zero-order valence-electron chi connectivity index (χ0n) is 13.2. The van der Waals surface area contributed by atoms with Crippen molar-refractivity contribution in [1.29, 1.82) is 0 Å². The molecule has 2 fully saturated rings. The van der Waals surface area contributed by atoms with Gasteiger partial charge in [-0.3, -0.25) is 10.1 Å². The Bertz CT molecular complexity index is 606. The van der Waals surface area contributed by atoms with Crippen LogP contribution in [0.15, 0.2) is 18.2 Å². The van der Waals surface area contributed by atoms with E-state index in [4.69, 9.17) is 4.74 Å². The number of carbonyl (C=O) groups is 1. The maximum absolute atomic E-state index is 13.6. The summed E-state index contributed by atoms with van der Waals surface area (Å²) in [5, 5.41) is 5.14. The Morgan fingerprint density at radius 3 is 2.79 bits per heavy atom. The van der Waals surface area contributed by atoms with E-state index in [1.807, 2.05) is 0 Å². The standard InChI is InChI=1S/C16H20F3N3O2/c17-12-1-2-14(22-3-5-24-6-4-22)11(7-12)9-20-15(23)13-8-16(18,19)10-21-13/h1-2,7,13,21H,3-6,8-10H2,(H,20,23). The zero-order valence-corrected chi connectivity index (χ0v) is 13.2. The van der Waals surface area contributed by atoms with Crippen LogP contribution in [0.5, 0.6) is 0 Å². The first-order valence-electron chi connectivity index (χ1n) is 7.95. The summed E-state index contributed by atoms with van der Waals surface area (Å²) in [7, 11) is 0. The number of rotatable bonds is 4. The number of carbonyl (C=O) groups excluding carboxylic acids is 1. The molecule has 2 N–H and O–H groups in total. The second kappa shape index (κ2) is 6.98. The van der Waals surface area contributed by atoms with Gasteiger partial charge in [0.15, 0.2) is 0 Å². The van der Waals surface area contributed by atoms with Gasteiger partial charge in [-0.05, 0) is 23.8 Å². The van der Waals surface area contributed by atoms with E-state index >= 15 is 0 Å². The Hall–Kier alpha value is -1.80. The van der Waals surface area contributed by atoms with Gasteiger partial charge in [-0.1, -0.05) is 0 Å². The highest BCUT2D eigenvalue weighted by molar-refractivity contribution is 5.82. The first-order chi connectivity index (χ1) is 11.4. The lowest BCUT2D eigenvalue weighted by Crippen LogP contribution is -2.41. The van der Waals surface area contributed by atoms with Gasteiger partial charge in [-0.25, -0.2) is 13.2 Å². The van der Waals surface area contributed by atoms with E-state index in [1.165, 1.54) is 12.1 Å². The fourth-order valence-electron chi connectivity index (χ4n) is 3.01. The molecule has 2 heterocycles. The lowest BCUT2D eigenvalue weighted by atomic mass is 10.1. The molecule has 0 spiro atoms. The van der Waals surface area contributed by atoms with Crippen molar-refractivity contribution in [3.8, 4) is 0 Å². The number of benzene rings is 1. The summed E-state index contributed by atoms with van der Waals surface area (Å²) in [6.07, 6.45) is -0.516. The molecular weight excluding hydrogens is 323 g/mol. The largest absolute Gasteiger partial charge is 0.378 e.